The third kappa shape index (κ3) is 5.69. The van der Waals surface area contributed by atoms with Crippen molar-refractivity contribution in [2.75, 3.05) is 28.4 Å². The average Bonchev–Trinajstić information content (AvgIpc) is 2.77. The maximum atomic E-state index is 13.0. The summed E-state index contributed by atoms with van der Waals surface area (Å²) in [5.74, 6) is 0.338. The fourth-order valence-corrected chi connectivity index (χ4v) is 3.22. The van der Waals surface area contributed by atoms with Crippen molar-refractivity contribution in [2.45, 2.75) is 18.9 Å². The molecule has 31 heavy (non-hydrogen) atoms. The number of carboxylic acids is 1. The number of aliphatic carboxylic acids is 1. The lowest BCUT2D eigenvalue weighted by Gasteiger charge is -2.20. The number of allylic oxidation sites excluding steroid dienone is 1. The van der Waals surface area contributed by atoms with Gasteiger partial charge in [0.25, 0.3) is 5.91 Å². The number of carbonyl (C=O) groups is 2. The normalized spacial score (nSPS) is 11.2. The number of hydrogen-bond donors (Lipinski definition) is 2. The number of rotatable bonds is 11. The second kappa shape index (κ2) is 10.9. The predicted molar refractivity (Wildman–Crippen MR) is 115 cm³/mol. The molecule has 0 aromatic heterocycles. The predicted octanol–water partition coefficient (Wildman–Crippen LogP) is 3.40. The molecule has 0 aliphatic rings. The maximum Gasteiger partial charge on any atom is 0.305 e. The van der Waals surface area contributed by atoms with Gasteiger partial charge >= 0.3 is 5.97 Å². The summed E-state index contributed by atoms with van der Waals surface area (Å²) in [6, 6.07) is 7.42. The summed E-state index contributed by atoms with van der Waals surface area (Å²) < 4.78 is 21.3. The molecule has 0 saturated carbocycles. The van der Waals surface area contributed by atoms with Crippen LogP contribution in [0.15, 0.2) is 43.0 Å². The van der Waals surface area contributed by atoms with E-state index in [1.54, 1.807) is 36.4 Å². The number of ether oxygens (including phenoxy) is 4. The van der Waals surface area contributed by atoms with Gasteiger partial charge in [-0.3, -0.25) is 9.59 Å². The monoisotopic (exact) mass is 429 g/mol. The van der Waals surface area contributed by atoms with Crippen molar-refractivity contribution in [3.63, 3.8) is 0 Å². The van der Waals surface area contributed by atoms with Crippen molar-refractivity contribution in [3.8, 4) is 23.0 Å². The Morgan fingerprint density at radius 3 is 2.23 bits per heavy atom. The molecular formula is C23H27NO7. The van der Waals surface area contributed by atoms with Crippen molar-refractivity contribution in [1.29, 1.82) is 0 Å². The van der Waals surface area contributed by atoms with Crippen LogP contribution in [0.2, 0.25) is 0 Å². The average molecular weight is 429 g/mol. The van der Waals surface area contributed by atoms with Crippen molar-refractivity contribution in [2.24, 2.45) is 0 Å². The van der Waals surface area contributed by atoms with Crippen LogP contribution in [0.3, 0.4) is 0 Å². The molecule has 0 unspecified atom stereocenters. The number of carboxylic acid groups (broad SMARTS) is 1. The molecular weight excluding hydrogens is 402 g/mol. The summed E-state index contributed by atoms with van der Waals surface area (Å²) in [5, 5.41) is 12.2. The molecule has 8 heteroatoms. The number of hydrogen-bond acceptors (Lipinski definition) is 6. The maximum absolute atomic E-state index is 13.0. The highest BCUT2D eigenvalue weighted by molar-refractivity contribution is 5.95. The second-order valence-electron chi connectivity index (χ2n) is 6.60. The Kier molecular flexibility index (Phi) is 8.31. The summed E-state index contributed by atoms with van der Waals surface area (Å²) in [6.07, 6.45) is 1.85. The quantitative estimate of drug-likeness (QED) is 0.528. The molecule has 0 bridgehead atoms. The fourth-order valence-electron chi connectivity index (χ4n) is 3.22. The van der Waals surface area contributed by atoms with Gasteiger partial charge < -0.3 is 29.4 Å². The van der Waals surface area contributed by atoms with Crippen molar-refractivity contribution in [1.82, 2.24) is 5.32 Å². The van der Waals surface area contributed by atoms with Crippen LogP contribution in [-0.2, 0) is 11.2 Å². The Morgan fingerprint density at radius 2 is 1.68 bits per heavy atom. The zero-order valence-electron chi connectivity index (χ0n) is 18.1. The lowest BCUT2D eigenvalue weighted by molar-refractivity contribution is -0.137. The minimum atomic E-state index is -1.06. The van der Waals surface area contributed by atoms with Gasteiger partial charge in [0.2, 0.25) is 0 Å². The first-order valence-corrected chi connectivity index (χ1v) is 9.48. The van der Waals surface area contributed by atoms with Crippen LogP contribution in [0, 0.1) is 0 Å². The molecule has 0 spiro atoms. The van der Waals surface area contributed by atoms with Gasteiger partial charge in [0, 0.05) is 11.1 Å². The molecule has 166 valence electrons. The standard InChI is InChI=1S/C23H27NO7/c1-6-7-15-10-16(12-20(30-4)22(15)31-5)23(27)24-17(13-21(25)26)14-8-9-18(28-2)19(11-14)29-3/h6,8-12,17H,1,7,13H2,2-5H3,(H,24,27)(H,25,26)/t17-/m1/s1. The third-order valence-electron chi connectivity index (χ3n) is 4.68. The van der Waals surface area contributed by atoms with Crippen LogP contribution < -0.4 is 24.3 Å². The first kappa shape index (κ1) is 23.6. The van der Waals surface area contributed by atoms with Crippen LogP contribution in [0.1, 0.15) is 33.9 Å². The van der Waals surface area contributed by atoms with Gasteiger partial charge in [-0.25, -0.2) is 0 Å². The first-order chi connectivity index (χ1) is 14.9. The van der Waals surface area contributed by atoms with Gasteiger partial charge in [-0.05, 0) is 36.2 Å². The van der Waals surface area contributed by atoms with Crippen LogP contribution in [0.25, 0.3) is 0 Å². The summed E-state index contributed by atoms with van der Waals surface area (Å²) in [6.45, 7) is 3.73. The minimum absolute atomic E-state index is 0.311. The Balaban J connectivity index is 2.42. The van der Waals surface area contributed by atoms with Crippen LogP contribution in [-0.4, -0.2) is 45.4 Å². The molecule has 0 radical (unpaired) electrons. The Bertz CT molecular complexity index is 955. The number of methoxy groups -OCH3 is 4. The number of amides is 1. The molecule has 8 nitrogen and oxygen atoms in total. The van der Waals surface area contributed by atoms with Crippen molar-refractivity contribution < 1.29 is 33.6 Å². The molecule has 2 rings (SSSR count). The second-order valence-corrected chi connectivity index (χ2v) is 6.60. The Morgan fingerprint density at radius 1 is 1.00 bits per heavy atom. The zero-order chi connectivity index (χ0) is 23.0. The molecule has 1 amide bonds. The summed E-state index contributed by atoms with van der Waals surface area (Å²) in [5.41, 5.74) is 1.61. The Labute approximate surface area is 181 Å². The first-order valence-electron chi connectivity index (χ1n) is 9.48. The lowest BCUT2D eigenvalue weighted by Crippen LogP contribution is -2.30. The smallest absolute Gasteiger partial charge is 0.305 e. The zero-order valence-corrected chi connectivity index (χ0v) is 18.1. The SMILES string of the molecule is C=CCc1cc(C(=O)N[C@H](CC(=O)O)c2ccc(OC)c(OC)c2)cc(OC)c1OC. The van der Waals surface area contributed by atoms with E-state index in [2.05, 4.69) is 11.9 Å². The van der Waals surface area contributed by atoms with Crippen LogP contribution >= 0.6 is 0 Å². The number of benzene rings is 2. The van der Waals surface area contributed by atoms with Gasteiger partial charge in [-0.1, -0.05) is 12.1 Å². The molecule has 1 atom stereocenters. The topological polar surface area (TPSA) is 103 Å². The molecule has 0 aliphatic heterocycles. The van der Waals surface area contributed by atoms with Crippen molar-refractivity contribution in [3.05, 3.63) is 59.7 Å². The molecule has 2 N–H and O–H groups in total. The summed E-state index contributed by atoms with van der Waals surface area (Å²) in [4.78, 5) is 24.5. The van der Waals surface area contributed by atoms with E-state index in [0.29, 0.717) is 40.5 Å². The fraction of sp³-hybridized carbons (Fsp3) is 0.304. The van der Waals surface area contributed by atoms with E-state index in [4.69, 9.17) is 18.9 Å². The van der Waals surface area contributed by atoms with Gasteiger partial charge in [0.05, 0.1) is 40.9 Å². The van der Waals surface area contributed by atoms with E-state index in [-0.39, 0.29) is 6.42 Å². The van der Waals surface area contributed by atoms with Gasteiger partial charge in [0.1, 0.15) is 0 Å². The van der Waals surface area contributed by atoms with E-state index >= 15 is 0 Å². The lowest BCUT2D eigenvalue weighted by atomic mass is 10.0. The number of carbonyl (C=O) groups excluding carboxylic acids is 1. The highest BCUT2D eigenvalue weighted by Gasteiger charge is 2.22. The minimum Gasteiger partial charge on any atom is -0.493 e. The highest BCUT2D eigenvalue weighted by Crippen LogP contribution is 2.34. The van der Waals surface area contributed by atoms with E-state index in [0.717, 1.165) is 5.56 Å². The van der Waals surface area contributed by atoms with Crippen molar-refractivity contribution >= 4 is 11.9 Å². The largest absolute Gasteiger partial charge is 0.493 e. The molecule has 2 aromatic rings. The van der Waals surface area contributed by atoms with E-state index < -0.39 is 17.9 Å². The highest BCUT2D eigenvalue weighted by atomic mass is 16.5. The molecule has 0 fully saturated rings. The van der Waals surface area contributed by atoms with Crippen LogP contribution in [0.5, 0.6) is 23.0 Å². The molecule has 0 aliphatic carbocycles. The molecule has 0 heterocycles. The van der Waals surface area contributed by atoms with Gasteiger partial charge in [0.15, 0.2) is 23.0 Å². The van der Waals surface area contributed by atoms with Gasteiger partial charge in [-0.15, -0.1) is 6.58 Å². The number of nitrogens with one attached hydrogen (secondary N) is 1. The van der Waals surface area contributed by atoms with Crippen LogP contribution in [0.4, 0.5) is 0 Å². The van der Waals surface area contributed by atoms with E-state index in [9.17, 15) is 14.7 Å². The third-order valence-corrected chi connectivity index (χ3v) is 4.68. The molecule has 2 aromatic carbocycles. The van der Waals surface area contributed by atoms with E-state index in [1.165, 1.54) is 28.4 Å². The summed E-state index contributed by atoms with van der Waals surface area (Å²) >= 11 is 0. The van der Waals surface area contributed by atoms with E-state index in [1.807, 2.05) is 0 Å². The molecule has 0 saturated heterocycles. The summed E-state index contributed by atoms with van der Waals surface area (Å²) in [7, 11) is 5.99. The van der Waals surface area contributed by atoms with Gasteiger partial charge in [-0.2, -0.15) is 0 Å². The Hall–Kier alpha value is -3.68.